The van der Waals surface area contributed by atoms with E-state index in [9.17, 15) is 27.2 Å². The summed E-state index contributed by atoms with van der Waals surface area (Å²) >= 11 is 0. The van der Waals surface area contributed by atoms with Crippen LogP contribution < -0.4 is 9.64 Å². The minimum Gasteiger partial charge on any atom is -0.478 e. The van der Waals surface area contributed by atoms with Crippen molar-refractivity contribution in [2.45, 2.75) is 25.6 Å². The molecule has 1 amide bonds. The number of halogens is 4. The summed E-state index contributed by atoms with van der Waals surface area (Å²) < 4.78 is 55.7. The van der Waals surface area contributed by atoms with Crippen LogP contribution >= 0.6 is 0 Å². The highest BCUT2D eigenvalue weighted by molar-refractivity contribution is 6.13. The molecule has 27 heavy (non-hydrogen) atoms. The summed E-state index contributed by atoms with van der Waals surface area (Å²) in [6, 6.07) is 2.81. The Labute approximate surface area is 150 Å². The van der Waals surface area contributed by atoms with Crippen LogP contribution in [-0.4, -0.2) is 28.3 Å². The highest BCUT2D eigenvalue weighted by Gasteiger charge is 2.47. The molecule has 6 nitrogen and oxygen atoms in total. The fraction of sp³-hybridized carbons (Fsp3) is 0.235. The lowest BCUT2D eigenvalue weighted by Gasteiger charge is -2.21. The number of carboxylic acid groups (broad SMARTS) is 1. The number of hydrogen-bond acceptors (Lipinski definition) is 4. The zero-order chi connectivity index (χ0) is 20.1. The highest BCUT2D eigenvalue weighted by Crippen LogP contribution is 2.47. The van der Waals surface area contributed by atoms with E-state index in [1.807, 2.05) is 0 Å². The third kappa shape index (κ3) is 3.18. The third-order valence-corrected chi connectivity index (χ3v) is 4.14. The van der Waals surface area contributed by atoms with Gasteiger partial charge in [0.05, 0.1) is 34.7 Å². The molecule has 1 N–H and O–H groups in total. The first-order valence-corrected chi connectivity index (χ1v) is 7.54. The Hall–Kier alpha value is -3.17. The van der Waals surface area contributed by atoms with Crippen LogP contribution in [0, 0.1) is 5.82 Å². The Morgan fingerprint density at radius 2 is 1.89 bits per heavy atom. The third-order valence-electron chi connectivity index (χ3n) is 4.14. The van der Waals surface area contributed by atoms with E-state index in [2.05, 4.69) is 9.72 Å². The number of fused-ring (bicyclic) bond motifs is 1. The maximum Gasteiger partial charge on any atom is 0.573 e. The van der Waals surface area contributed by atoms with Crippen LogP contribution in [0.3, 0.4) is 0 Å². The van der Waals surface area contributed by atoms with Crippen molar-refractivity contribution in [3.05, 3.63) is 47.5 Å². The standard InChI is InChI=1S/C17H12F4N2O4/c1-16(2)11-3-8(14(24)25)4-12(18)13(11)23(15(16)26)9-5-10(7-22-6-9)27-17(19,20)21/h3-7H,1-2H3,(H,24,25). The summed E-state index contributed by atoms with van der Waals surface area (Å²) in [7, 11) is 0. The minimum absolute atomic E-state index is 0.104. The lowest BCUT2D eigenvalue weighted by atomic mass is 9.85. The average Bonchev–Trinajstić information content (AvgIpc) is 2.74. The number of nitrogens with zero attached hydrogens (tertiary/aromatic N) is 2. The van der Waals surface area contributed by atoms with Crippen molar-refractivity contribution in [2.24, 2.45) is 0 Å². The number of anilines is 2. The van der Waals surface area contributed by atoms with E-state index in [1.165, 1.54) is 19.9 Å². The number of aromatic nitrogens is 1. The molecule has 0 atom stereocenters. The predicted molar refractivity (Wildman–Crippen MR) is 84.5 cm³/mol. The number of alkyl halides is 3. The maximum absolute atomic E-state index is 14.6. The van der Waals surface area contributed by atoms with Gasteiger partial charge in [-0.2, -0.15) is 0 Å². The van der Waals surface area contributed by atoms with Crippen molar-refractivity contribution in [2.75, 3.05) is 4.90 Å². The second-order valence-corrected chi connectivity index (χ2v) is 6.35. The molecule has 0 radical (unpaired) electrons. The monoisotopic (exact) mass is 384 g/mol. The van der Waals surface area contributed by atoms with E-state index < -0.39 is 35.2 Å². The molecule has 2 aromatic rings. The molecule has 0 aliphatic carbocycles. The van der Waals surface area contributed by atoms with Crippen molar-refractivity contribution < 1.29 is 37.0 Å². The van der Waals surface area contributed by atoms with Crippen LogP contribution in [0.2, 0.25) is 0 Å². The van der Waals surface area contributed by atoms with Crippen LogP contribution in [0.1, 0.15) is 29.8 Å². The summed E-state index contributed by atoms with van der Waals surface area (Å²) in [5, 5.41) is 9.11. The Morgan fingerprint density at radius 1 is 1.22 bits per heavy atom. The molecule has 1 aliphatic rings. The number of benzene rings is 1. The molecule has 10 heteroatoms. The van der Waals surface area contributed by atoms with E-state index in [4.69, 9.17) is 5.11 Å². The summed E-state index contributed by atoms with van der Waals surface area (Å²) in [4.78, 5) is 28.5. The van der Waals surface area contributed by atoms with Crippen LogP contribution in [0.4, 0.5) is 28.9 Å². The van der Waals surface area contributed by atoms with Gasteiger partial charge in [-0.1, -0.05) is 0 Å². The number of rotatable bonds is 3. The van der Waals surface area contributed by atoms with E-state index in [0.717, 1.165) is 29.4 Å². The van der Waals surface area contributed by atoms with Crippen molar-refractivity contribution in [3.8, 4) is 5.75 Å². The van der Waals surface area contributed by atoms with Gasteiger partial charge in [-0.15, -0.1) is 13.2 Å². The number of carboxylic acids is 1. The van der Waals surface area contributed by atoms with Gasteiger partial charge in [0.25, 0.3) is 0 Å². The molecule has 0 saturated heterocycles. The summed E-state index contributed by atoms with van der Waals surface area (Å²) in [5.74, 6) is -3.70. The zero-order valence-electron chi connectivity index (χ0n) is 14.0. The summed E-state index contributed by atoms with van der Waals surface area (Å²) in [6.07, 6.45) is -3.08. The first-order chi connectivity index (χ1) is 12.4. The second-order valence-electron chi connectivity index (χ2n) is 6.35. The Balaban J connectivity index is 2.16. The zero-order valence-corrected chi connectivity index (χ0v) is 14.0. The molecule has 0 fully saturated rings. The molecular weight excluding hydrogens is 372 g/mol. The topological polar surface area (TPSA) is 79.7 Å². The van der Waals surface area contributed by atoms with Gasteiger partial charge in [0.1, 0.15) is 11.6 Å². The highest BCUT2D eigenvalue weighted by atomic mass is 19.4. The van der Waals surface area contributed by atoms with E-state index in [-0.39, 0.29) is 22.5 Å². The Morgan fingerprint density at radius 3 is 2.48 bits per heavy atom. The molecule has 1 aliphatic heterocycles. The number of carbonyl (C=O) groups excluding carboxylic acids is 1. The molecule has 142 valence electrons. The van der Waals surface area contributed by atoms with Gasteiger partial charge in [0.2, 0.25) is 5.91 Å². The molecule has 1 aromatic carbocycles. The van der Waals surface area contributed by atoms with E-state index in [1.54, 1.807) is 0 Å². The number of carbonyl (C=O) groups is 2. The van der Waals surface area contributed by atoms with Gasteiger partial charge in [-0.25, -0.2) is 9.18 Å². The normalized spacial score (nSPS) is 15.6. The van der Waals surface area contributed by atoms with Gasteiger partial charge < -0.3 is 9.84 Å². The second kappa shape index (κ2) is 5.93. The molecule has 2 heterocycles. The van der Waals surface area contributed by atoms with Crippen LogP contribution in [0.5, 0.6) is 5.75 Å². The van der Waals surface area contributed by atoms with Gasteiger partial charge in [-0.05, 0) is 31.5 Å². The van der Waals surface area contributed by atoms with Gasteiger partial charge >= 0.3 is 12.3 Å². The lowest BCUT2D eigenvalue weighted by Crippen LogP contribution is -2.33. The fourth-order valence-corrected chi connectivity index (χ4v) is 2.89. The SMILES string of the molecule is CC1(C)C(=O)N(c2cncc(OC(F)(F)F)c2)c2c(F)cc(C(=O)O)cc21. The molecule has 0 saturated carbocycles. The Kier molecular flexibility index (Phi) is 4.09. The van der Waals surface area contributed by atoms with E-state index in [0.29, 0.717) is 0 Å². The van der Waals surface area contributed by atoms with Crippen molar-refractivity contribution in [3.63, 3.8) is 0 Å². The van der Waals surface area contributed by atoms with Crippen molar-refractivity contribution >= 4 is 23.3 Å². The van der Waals surface area contributed by atoms with Crippen LogP contribution in [-0.2, 0) is 10.2 Å². The van der Waals surface area contributed by atoms with Crippen molar-refractivity contribution in [1.29, 1.82) is 0 Å². The summed E-state index contributed by atoms with van der Waals surface area (Å²) in [6.45, 7) is 2.92. The average molecular weight is 384 g/mol. The molecule has 1 aromatic heterocycles. The van der Waals surface area contributed by atoms with Crippen LogP contribution in [0.25, 0.3) is 0 Å². The fourth-order valence-electron chi connectivity index (χ4n) is 2.89. The van der Waals surface area contributed by atoms with E-state index >= 15 is 0 Å². The van der Waals surface area contributed by atoms with Crippen LogP contribution in [0.15, 0.2) is 30.6 Å². The predicted octanol–water partition coefficient (Wildman–Crippen LogP) is 3.77. The van der Waals surface area contributed by atoms with Gasteiger partial charge in [-0.3, -0.25) is 14.7 Å². The Bertz CT molecular complexity index is 956. The molecule has 0 unspecified atom stereocenters. The number of hydrogen-bond donors (Lipinski definition) is 1. The quantitative estimate of drug-likeness (QED) is 0.815. The largest absolute Gasteiger partial charge is 0.573 e. The molecule has 3 rings (SSSR count). The molecule has 0 bridgehead atoms. The number of pyridine rings is 1. The number of amides is 1. The lowest BCUT2D eigenvalue weighted by molar-refractivity contribution is -0.274. The minimum atomic E-state index is -4.96. The molecular formula is C17H12F4N2O4. The first-order valence-electron chi connectivity index (χ1n) is 7.54. The van der Waals surface area contributed by atoms with Gasteiger partial charge in [0.15, 0.2) is 0 Å². The molecule has 0 spiro atoms. The first kappa shape index (κ1) is 18.6. The summed E-state index contributed by atoms with van der Waals surface area (Å²) in [5.41, 5.74) is -1.92. The number of aromatic carboxylic acids is 1. The number of ether oxygens (including phenoxy) is 1. The smallest absolute Gasteiger partial charge is 0.478 e. The maximum atomic E-state index is 14.6. The van der Waals surface area contributed by atoms with Crippen molar-refractivity contribution in [1.82, 2.24) is 4.98 Å². The van der Waals surface area contributed by atoms with Gasteiger partial charge in [0, 0.05) is 6.07 Å².